The largest absolute Gasteiger partial charge is 0.493 e. The maximum absolute atomic E-state index is 12.8. The Morgan fingerprint density at radius 1 is 1.03 bits per heavy atom. The topological polar surface area (TPSA) is 84.2 Å². The second-order valence-corrected chi connectivity index (χ2v) is 7.18. The number of nitrogens with one attached hydrogen (secondary N) is 1. The Labute approximate surface area is 191 Å². The molecule has 0 aliphatic heterocycles. The third-order valence-electron chi connectivity index (χ3n) is 4.99. The van der Waals surface area contributed by atoms with Gasteiger partial charge in [0.2, 0.25) is 0 Å². The molecule has 1 heterocycles. The van der Waals surface area contributed by atoms with Crippen LogP contribution >= 0.6 is 0 Å². The molecule has 0 aliphatic carbocycles. The average molecular weight is 435 g/mol. The molecule has 0 bridgehead atoms. The minimum absolute atomic E-state index is 0.0316. The Balaban J connectivity index is 1.53. The molecule has 0 radical (unpaired) electrons. The smallest absolute Gasteiger partial charge is 0.266 e. The van der Waals surface area contributed by atoms with Gasteiger partial charge in [-0.1, -0.05) is 42.5 Å². The second kappa shape index (κ2) is 10.1. The zero-order chi connectivity index (χ0) is 23.0. The summed E-state index contributed by atoms with van der Waals surface area (Å²) in [6, 6.07) is 26.2. The summed E-state index contributed by atoms with van der Waals surface area (Å²) in [5.74, 6) is 0.583. The van der Waals surface area contributed by atoms with E-state index in [1.54, 1.807) is 49.7 Å². The second-order valence-electron chi connectivity index (χ2n) is 7.18. The first kappa shape index (κ1) is 21.6. The van der Waals surface area contributed by atoms with Crippen LogP contribution in [-0.2, 0) is 11.4 Å². The molecule has 0 spiro atoms. The number of fused-ring (bicyclic) bond motifs is 1. The van der Waals surface area contributed by atoms with E-state index in [4.69, 9.17) is 9.47 Å². The summed E-state index contributed by atoms with van der Waals surface area (Å²) in [5, 5.41) is 13.2. The van der Waals surface area contributed by atoms with Crippen molar-refractivity contribution in [2.45, 2.75) is 6.61 Å². The molecule has 0 saturated heterocycles. The Bertz CT molecular complexity index is 1350. The number of benzene rings is 3. The van der Waals surface area contributed by atoms with E-state index in [0.717, 1.165) is 16.5 Å². The van der Waals surface area contributed by atoms with Crippen molar-refractivity contribution in [3.8, 4) is 17.6 Å². The number of methoxy groups -OCH3 is 1. The number of carbonyl (C=O) groups excluding carboxylic acids is 1. The van der Waals surface area contributed by atoms with E-state index in [2.05, 4.69) is 10.3 Å². The Kier molecular flexibility index (Phi) is 6.62. The number of amides is 1. The van der Waals surface area contributed by atoms with Gasteiger partial charge in [-0.05, 0) is 53.6 Å². The van der Waals surface area contributed by atoms with Crippen LogP contribution in [-0.4, -0.2) is 18.0 Å². The van der Waals surface area contributed by atoms with Gasteiger partial charge in [0.05, 0.1) is 18.3 Å². The summed E-state index contributed by atoms with van der Waals surface area (Å²) in [4.78, 5) is 17.1. The Morgan fingerprint density at radius 3 is 2.67 bits per heavy atom. The van der Waals surface area contributed by atoms with Crippen molar-refractivity contribution in [1.82, 2.24) is 4.98 Å². The van der Waals surface area contributed by atoms with E-state index in [0.29, 0.717) is 29.4 Å². The predicted molar refractivity (Wildman–Crippen MR) is 128 cm³/mol. The van der Waals surface area contributed by atoms with Gasteiger partial charge < -0.3 is 14.8 Å². The van der Waals surface area contributed by atoms with Gasteiger partial charge >= 0.3 is 0 Å². The van der Waals surface area contributed by atoms with Crippen LogP contribution in [0.25, 0.3) is 17.0 Å². The normalized spacial score (nSPS) is 11.0. The summed E-state index contributed by atoms with van der Waals surface area (Å²) in [6.45, 7) is 0.401. The summed E-state index contributed by atoms with van der Waals surface area (Å²) < 4.78 is 11.3. The fourth-order valence-electron chi connectivity index (χ4n) is 3.35. The van der Waals surface area contributed by atoms with Gasteiger partial charge in [-0.3, -0.25) is 9.78 Å². The molecule has 0 aliphatic rings. The third-order valence-corrected chi connectivity index (χ3v) is 4.99. The van der Waals surface area contributed by atoms with E-state index in [9.17, 15) is 10.1 Å². The molecule has 6 heteroatoms. The quantitative estimate of drug-likeness (QED) is 0.312. The first-order valence-corrected chi connectivity index (χ1v) is 10.3. The van der Waals surface area contributed by atoms with Gasteiger partial charge in [0.15, 0.2) is 11.5 Å². The first-order valence-electron chi connectivity index (χ1n) is 10.3. The van der Waals surface area contributed by atoms with Crippen molar-refractivity contribution >= 4 is 28.6 Å². The fourth-order valence-corrected chi connectivity index (χ4v) is 3.35. The molecule has 162 valence electrons. The van der Waals surface area contributed by atoms with Crippen LogP contribution in [0, 0.1) is 11.3 Å². The monoisotopic (exact) mass is 435 g/mol. The number of anilines is 1. The van der Waals surface area contributed by atoms with E-state index in [1.165, 1.54) is 6.08 Å². The lowest BCUT2D eigenvalue weighted by Crippen LogP contribution is -2.13. The van der Waals surface area contributed by atoms with Crippen LogP contribution in [0.15, 0.2) is 90.6 Å². The SMILES string of the molecule is COc1cc(C=C(C#N)C(=O)Nc2cccc3ncccc23)ccc1OCc1ccccc1. The number of ether oxygens (including phenoxy) is 2. The van der Waals surface area contributed by atoms with Gasteiger partial charge in [-0.2, -0.15) is 5.26 Å². The number of nitriles is 1. The summed E-state index contributed by atoms with van der Waals surface area (Å²) in [7, 11) is 1.55. The van der Waals surface area contributed by atoms with E-state index in [1.807, 2.05) is 48.5 Å². The molecular formula is C27H21N3O3. The molecule has 0 atom stereocenters. The molecule has 1 amide bonds. The summed E-state index contributed by atoms with van der Waals surface area (Å²) in [6.07, 6.45) is 3.21. The standard InChI is InChI=1S/C27H21N3O3/c1-32-26-16-20(12-13-25(26)33-18-19-7-3-2-4-8-19)15-21(17-28)27(31)30-24-11-5-10-23-22(24)9-6-14-29-23/h2-16H,18H2,1H3,(H,30,31). The molecular weight excluding hydrogens is 414 g/mol. The van der Waals surface area contributed by atoms with Gasteiger partial charge in [-0.25, -0.2) is 0 Å². The highest BCUT2D eigenvalue weighted by Crippen LogP contribution is 2.30. The lowest BCUT2D eigenvalue weighted by molar-refractivity contribution is -0.112. The van der Waals surface area contributed by atoms with Crippen LogP contribution < -0.4 is 14.8 Å². The zero-order valence-corrected chi connectivity index (χ0v) is 18.0. The van der Waals surface area contributed by atoms with Gasteiger partial charge in [0.1, 0.15) is 18.2 Å². The number of aromatic nitrogens is 1. The lowest BCUT2D eigenvalue weighted by Gasteiger charge is -2.12. The molecule has 0 saturated carbocycles. The molecule has 0 fully saturated rings. The maximum atomic E-state index is 12.8. The fraction of sp³-hybridized carbons (Fsp3) is 0.0741. The number of pyridine rings is 1. The highest BCUT2D eigenvalue weighted by atomic mass is 16.5. The van der Waals surface area contributed by atoms with Crippen molar-refractivity contribution in [1.29, 1.82) is 5.26 Å². The van der Waals surface area contributed by atoms with E-state index in [-0.39, 0.29) is 5.57 Å². The van der Waals surface area contributed by atoms with E-state index < -0.39 is 5.91 Å². The molecule has 4 aromatic rings. The van der Waals surface area contributed by atoms with Crippen molar-refractivity contribution < 1.29 is 14.3 Å². The van der Waals surface area contributed by atoms with Crippen LogP contribution in [0.2, 0.25) is 0 Å². The first-order chi connectivity index (χ1) is 16.2. The number of carbonyl (C=O) groups is 1. The summed E-state index contributed by atoms with van der Waals surface area (Å²) >= 11 is 0. The minimum atomic E-state index is -0.503. The van der Waals surface area contributed by atoms with Crippen LogP contribution in [0.3, 0.4) is 0 Å². The van der Waals surface area contributed by atoms with Gasteiger partial charge in [0.25, 0.3) is 5.91 Å². The van der Waals surface area contributed by atoms with Crippen molar-refractivity contribution in [3.63, 3.8) is 0 Å². The van der Waals surface area contributed by atoms with Gasteiger partial charge in [-0.15, -0.1) is 0 Å². The Morgan fingerprint density at radius 2 is 1.88 bits per heavy atom. The zero-order valence-electron chi connectivity index (χ0n) is 18.0. The van der Waals surface area contributed by atoms with Gasteiger partial charge in [0, 0.05) is 11.6 Å². The molecule has 1 N–H and O–H groups in total. The predicted octanol–water partition coefficient (Wildman–Crippen LogP) is 5.37. The van der Waals surface area contributed by atoms with Crippen molar-refractivity contribution in [2.24, 2.45) is 0 Å². The van der Waals surface area contributed by atoms with Crippen molar-refractivity contribution in [3.05, 3.63) is 102 Å². The van der Waals surface area contributed by atoms with Crippen LogP contribution in [0.1, 0.15) is 11.1 Å². The number of nitrogens with zero attached hydrogens (tertiary/aromatic N) is 2. The summed E-state index contributed by atoms with van der Waals surface area (Å²) in [5.41, 5.74) is 3.00. The molecule has 6 nitrogen and oxygen atoms in total. The molecule has 4 rings (SSSR count). The maximum Gasteiger partial charge on any atom is 0.266 e. The van der Waals surface area contributed by atoms with Crippen LogP contribution in [0.4, 0.5) is 5.69 Å². The highest BCUT2D eigenvalue weighted by molar-refractivity contribution is 6.12. The number of hydrogen-bond donors (Lipinski definition) is 1. The average Bonchev–Trinajstić information content (AvgIpc) is 2.87. The molecule has 0 unspecified atom stereocenters. The minimum Gasteiger partial charge on any atom is -0.493 e. The number of hydrogen-bond acceptors (Lipinski definition) is 5. The Hall–Kier alpha value is -4.63. The molecule has 33 heavy (non-hydrogen) atoms. The van der Waals surface area contributed by atoms with Crippen molar-refractivity contribution in [2.75, 3.05) is 12.4 Å². The van der Waals surface area contributed by atoms with Crippen LogP contribution in [0.5, 0.6) is 11.5 Å². The lowest BCUT2D eigenvalue weighted by atomic mass is 10.1. The van der Waals surface area contributed by atoms with E-state index >= 15 is 0 Å². The highest BCUT2D eigenvalue weighted by Gasteiger charge is 2.13. The number of rotatable bonds is 7. The third kappa shape index (κ3) is 5.17. The molecule has 1 aromatic heterocycles. The molecule has 3 aromatic carbocycles.